The van der Waals surface area contributed by atoms with Gasteiger partial charge in [0.1, 0.15) is 0 Å². The van der Waals surface area contributed by atoms with Crippen LogP contribution in [0, 0.1) is 0 Å². The highest BCUT2D eigenvalue weighted by Crippen LogP contribution is 2.43. The first-order chi connectivity index (χ1) is 16.4. The second kappa shape index (κ2) is 10.0. The van der Waals surface area contributed by atoms with Gasteiger partial charge in [-0.15, -0.1) is 0 Å². The molecular formula is C26H25Cl2NO5. The fourth-order valence-electron chi connectivity index (χ4n) is 4.36. The summed E-state index contributed by atoms with van der Waals surface area (Å²) in [5, 5.41) is 0.778. The minimum atomic E-state index is -0.414. The molecule has 0 fully saturated rings. The number of rotatable bonds is 6. The van der Waals surface area contributed by atoms with E-state index in [0.717, 1.165) is 16.7 Å². The van der Waals surface area contributed by atoms with E-state index in [0.29, 0.717) is 51.6 Å². The van der Waals surface area contributed by atoms with Gasteiger partial charge >= 0.3 is 0 Å². The van der Waals surface area contributed by atoms with Crippen LogP contribution in [-0.2, 0) is 6.42 Å². The fraction of sp³-hybridized carbons (Fsp3) is 0.269. The van der Waals surface area contributed by atoms with Gasteiger partial charge in [0.05, 0.1) is 45.1 Å². The normalized spacial score (nSPS) is 14.9. The van der Waals surface area contributed by atoms with Crippen LogP contribution < -0.4 is 18.9 Å². The van der Waals surface area contributed by atoms with Crippen molar-refractivity contribution in [3.05, 3.63) is 80.8 Å². The first-order valence-corrected chi connectivity index (χ1v) is 11.4. The SMILES string of the molecule is COc1ccc(C2c3cc(OC)c(OC)cc3CCN2C(=O)c2ccc(Cl)cc2Cl)cc1OC. The molecule has 0 aromatic heterocycles. The van der Waals surface area contributed by atoms with Gasteiger partial charge in [-0.1, -0.05) is 29.3 Å². The molecule has 3 aromatic carbocycles. The number of carbonyl (C=O) groups excluding carboxylic acids is 1. The molecule has 178 valence electrons. The molecule has 0 saturated carbocycles. The molecular weight excluding hydrogens is 477 g/mol. The molecule has 1 amide bonds. The average molecular weight is 502 g/mol. The number of carbonyl (C=O) groups is 1. The predicted molar refractivity (Wildman–Crippen MR) is 132 cm³/mol. The van der Waals surface area contributed by atoms with Gasteiger partial charge in [-0.3, -0.25) is 4.79 Å². The zero-order chi connectivity index (χ0) is 24.4. The Morgan fingerprint density at radius 3 is 2.12 bits per heavy atom. The average Bonchev–Trinajstić information content (AvgIpc) is 2.86. The summed E-state index contributed by atoms with van der Waals surface area (Å²) in [6.07, 6.45) is 0.649. The van der Waals surface area contributed by atoms with Crippen LogP contribution in [0.1, 0.15) is 33.1 Å². The van der Waals surface area contributed by atoms with E-state index in [1.807, 2.05) is 35.2 Å². The monoisotopic (exact) mass is 501 g/mol. The summed E-state index contributed by atoms with van der Waals surface area (Å²) in [4.78, 5) is 15.6. The van der Waals surface area contributed by atoms with Crippen molar-refractivity contribution in [1.29, 1.82) is 0 Å². The first-order valence-electron chi connectivity index (χ1n) is 10.6. The van der Waals surface area contributed by atoms with Crippen molar-refractivity contribution in [2.75, 3.05) is 35.0 Å². The molecule has 3 aromatic rings. The van der Waals surface area contributed by atoms with E-state index in [1.54, 1.807) is 46.6 Å². The largest absolute Gasteiger partial charge is 0.493 e. The topological polar surface area (TPSA) is 57.2 Å². The van der Waals surface area contributed by atoms with Crippen LogP contribution in [0.25, 0.3) is 0 Å². The lowest BCUT2D eigenvalue weighted by Gasteiger charge is -2.38. The molecule has 0 saturated heterocycles. The molecule has 1 aliphatic heterocycles. The van der Waals surface area contributed by atoms with Crippen molar-refractivity contribution in [1.82, 2.24) is 4.90 Å². The van der Waals surface area contributed by atoms with Gasteiger partial charge < -0.3 is 23.8 Å². The quantitative estimate of drug-likeness (QED) is 0.426. The first kappa shape index (κ1) is 24.0. The number of hydrogen-bond acceptors (Lipinski definition) is 5. The molecule has 1 heterocycles. The number of methoxy groups -OCH3 is 4. The highest BCUT2D eigenvalue weighted by molar-refractivity contribution is 6.36. The highest BCUT2D eigenvalue weighted by Gasteiger charge is 2.35. The third-order valence-electron chi connectivity index (χ3n) is 6.02. The summed E-state index contributed by atoms with van der Waals surface area (Å²) in [5.74, 6) is 2.22. The lowest BCUT2D eigenvalue weighted by atomic mass is 9.87. The van der Waals surface area contributed by atoms with E-state index in [-0.39, 0.29) is 5.91 Å². The summed E-state index contributed by atoms with van der Waals surface area (Å²) in [6.45, 7) is 0.485. The third-order valence-corrected chi connectivity index (χ3v) is 6.57. The van der Waals surface area contributed by atoms with Crippen molar-refractivity contribution in [2.24, 2.45) is 0 Å². The molecule has 8 heteroatoms. The second-order valence-corrected chi connectivity index (χ2v) is 8.64. The minimum Gasteiger partial charge on any atom is -0.493 e. The fourth-order valence-corrected chi connectivity index (χ4v) is 4.85. The number of nitrogens with zero attached hydrogens (tertiary/aromatic N) is 1. The lowest BCUT2D eigenvalue weighted by Crippen LogP contribution is -2.40. The van der Waals surface area contributed by atoms with Crippen LogP contribution in [0.5, 0.6) is 23.0 Å². The van der Waals surface area contributed by atoms with E-state index in [1.165, 1.54) is 0 Å². The zero-order valence-corrected chi connectivity index (χ0v) is 20.9. The van der Waals surface area contributed by atoms with E-state index < -0.39 is 6.04 Å². The predicted octanol–water partition coefficient (Wildman–Crippen LogP) is 5.82. The summed E-state index contributed by atoms with van der Waals surface area (Å²) in [7, 11) is 6.37. The van der Waals surface area contributed by atoms with Crippen molar-refractivity contribution in [3.8, 4) is 23.0 Å². The summed E-state index contributed by atoms with van der Waals surface area (Å²) < 4.78 is 22.0. The number of hydrogen-bond donors (Lipinski definition) is 0. The molecule has 34 heavy (non-hydrogen) atoms. The van der Waals surface area contributed by atoms with Crippen LogP contribution in [0.2, 0.25) is 10.0 Å². The van der Waals surface area contributed by atoms with Crippen LogP contribution in [0.15, 0.2) is 48.5 Å². The van der Waals surface area contributed by atoms with Crippen LogP contribution in [0.3, 0.4) is 0 Å². The van der Waals surface area contributed by atoms with Gasteiger partial charge in [0.2, 0.25) is 0 Å². The number of ether oxygens (including phenoxy) is 4. The molecule has 0 N–H and O–H groups in total. The summed E-state index contributed by atoms with van der Waals surface area (Å²) >= 11 is 12.5. The van der Waals surface area contributed by atoms with Gasteiger partial charge in [0.15, 0.2) is 23.0 Å². The van der Waals surface area contributed by atoms with Crippen molar-refractivity contribution >= 4 is 29.1 Å². The van der Waals surface area contributed by atoms with Crippen molar-refractivity contribution < 1.29 is 23.7 Å². The van der Waals surface area contributed by atoms with Crippen LogP contribution >= 0.6 is 23.2 Å². The molecule has 1 unspecified atom stereocenters. The van der Waals surface area contributed by atoms with E-state index >= 15 is 0 Å². The van der Waals surface area contributed by atoms with Gasteiger partial charge in [-0.2, -0.15) is 0 Å². The Hall–Kier alpha value is -3.09. The zero-order valence-electron chi connectivity index (χ0n) is 19.4. The smallest absolute Gasteiger partial charge is 0.256 e. The Labute approximate surface area is 208 Å². The number of fused-ring (bicyclic) bond motifs is 1. The molecule has 6 nitrogen and oxygen atoms in total. The number of amides is 1. The molecule has 1 aliphatic rings. The van der Waals surface area contributed by atoms with Crippen LogP contribution in [0.4, 0.5) is 0 Å². The minimum absolute atomic E-state index is 0.193. The van der Waals surface area contributed by atoms with Gasteiger partial charge in [-0.05, 0) is 65.6 Å². The van der Waals surface area contributed by atoms with E-state index in [4.69, 9.17) is 42.1 Å². The molecule has 4 rings (SSSR count). The Bertz CT molecular complexity index is 1230. The summed E-state index contributed by atoms with van der Waals surface area (Å²) in [6, 6.07) is 14.0. The van der Waals surface area contributed by atoms with Gasteiger partial charge in [0.25, 0.3) is 5.91 Å². The van der Waals surface area contributed by atoms with Crippen molar-refractivity contribution in [2.45, 2.75) is 12.5 Å². The molecule has 0 spiro atoms. The third kappa shape index (κ3) is 4.36. The van der Waals surface area contributed by atoms with Gasteiger partial charge in [0, 0.05) is 11.6 Å². The Balaban J connectivity index is 1.89. The molecule has 0 aliphatic carbocycles. The molecule has 0 bridgehead atoms. The maximum atomic E-state index is 13.8. The standard InChI is InChI=1S/C26H25Cl2NO5/c1-31-21-8-5-16(12-22(21)32-2)25-19-14-24(34-4)23(33-3)11-15(19)9-10-29(25)26(30)18-7-6-17(27)13-20(18)28/h5-8,11-14,25H,9-10H2,1-4H3. The van der Waals surface area contributed by atoms with E-state index in [9.17, 15) is 4.79 Å². The van der Waals surface area contributed by atoms with E-state index in [2.05, 4.69) is 0 Å². The maximum absolute atomic E-state index is 13.8. The Morgan fingerprint density at radius 2 is 1.47 bits per heavy atom. The molecule has 1 atom stereocenters. The Morgan fingerprint density at radius 1 is 0.824 bits per heavy atom. The van der Waals surface area contributed by atoms with Crippen LogP contribution in [-0.4, -0.2) is 45.8 Å². The highest BCUT2D eigenvalue weighted by atomic mass is 35.5. The van der Waals surface area contributed by atoms with Crippen molar-refractivity contribution in [3.63, 3.8) is 0 Å². The Kier molecular flexibility index (Phi) is 7.10. The number of benzene rings is 3. The second-order valence-electron chi connectivity index (χ2n) is 7.80. The van der Waals surface area contributed by atoms with Gasteiger partial charge in [-0.25, -0.2) is 0 Å². The summed E-state index contributed by atoms with van der Waals surface area (Å²) in [5.41, 5.74) is 3.27. The maximum Gasteiger partial charge on any atom is 0.256 e. The molecule has 0 radical (unpaired) electrons. The number of halogens is 2. The lowest BCUT2D eigenvalue weighted by molar-refractivity contribution is 0.0694.